The lowest BCUT2D eigenvalue weighted by Gasteiger charge is -2.39. The molecule has 0 fully saturated rings. The molecular formula is C27H27NO3. The van der Waals surface area contributed by atoms with Crippen molar-refractivity contribution in [1.82, 2.24) is 0 Å². The zero-order chi connectivity index (χ0) is 21.8. The monoisotopic (exact) mass is 413 g/mol. The number of nitrogens with zero attached hydrogens (tertiary/aromatic N) is 1. The van der Waals surface area contributed by atoms with E-state index in [1.165, 1.54) is 22.9 Å². The smallest absolute Gasteiger partial charge is 0.331 e. The summed E-state index contributed by atoms with van der Waals surface area (Å²) in [6, 6.07) is 24.4. The van der Waals surface area contributed by atoms with E-state index in [1.807, 2.05) is 44.2 Å². The third-order valence-corrected chi connectivity index (χ3v) is 5.46. The molecule has 0 spiro atoms. The highest BCUT2D eigenvalue weighted by Gasteiger charge is 2.29. The Balaban J connectivity index is 1.66. The molecule has 1 aliphatic heterocycles. The first-order valence-corrected chi connectivity index (χ1v) is 10.6. The van der Waals surface area contributed by atoms with Crippen molar-refractivity contribution in [3.63, 3.8) is 0 Å². The molecule has 4 heteroatoms. The molecule has 1 heterocycles. The topological polar surface area (TPSA) is 49.8 Å². The molecule has 0 aromatic heterocycles. The summed E-state index contributed by atoms with van der Waals surface area (Å²) >= 11 is 0. The van der Waals surface area contributed by atoms with Gasteiger partial charge in [0.2, 0.25) is 0 Å². The molecule has 0 amide bonds. The summed E-state index contributed by atoms with van der Waals surface area (Å²) in [5.74, 6) is -0.0326. The molecule has 0 bridgehead atoms. The van der Waals surface area contributed by atoms with Crippen LogP contribution in [0.15, 0.2) is 78.9 Å². The average molecular weight is 414 g/mol. The highest BCUT2D eigenvalue weighted by Crippen LogP contribution is 2.39. The fraction of sp³-hybridized carbons (Fsp3) is 0.222. The number of carbonyl (C=O) groups is 1. The molecule has 4 rings (SSSR count). The van der Waals surface area contributed by atoms with Gasteiger partial charge in [-0.1, -0.05) is 48.5 Å². The van der Waals surface area contributed by atoms with Gasteiger partial charge in [0, 0.05) is 18.3 Å². The van der Waals surface area contributed by atoms with Gasteiger partial charge in [-0.25, -0.2) is 4.79 Å². The van der Waals surface area contributed by atoms with Crippen molar-refractivity contribution in [1.29, 1.82) is 0 Å². The molecule has 3 aromatic rings. The summed E-state index contributed by atoms with van der Waals surface area (Å²) in [6.07, 6.45) is 3.99. The van der Waals surface area contributed by atoms with Gasteiger partial charge in [0.05, 0.1) is 12.1 Å². The van der Waals surface area contributed by atoms with Gasteiger partial charge in [-0.05, 0) is 72.9 Å². The van der Waals surface area contributed by atoms with Crippen molar-refractivity contribution in [2.24, 2.45) is 0 Å². The predicted octanol–water partition coefficient (Wildman–Crippen LogP) is 5.51. The number of carbonyl (C=O) groups excluding carboxylic acids is 1. The average Bonchev–Trinajstić information content (AvgIpc) is 2.77. The maximum Gasteiger partial charge on any atom is 0.331 e. The molecule has 0 saturated carbocycles. The molecule has 4 nitrogen and oxygen atoms in total. The number of aromatic hydroxyl groups is 1. The molecular weight excluding hydrogens is 386 g/mol. The standard InChI is InChI=1S/C27H27NO3/c1-19(2)31-26(30)15-10-20-8-11-21(12-9-20)27-25-14-13-24(29)18-22(25)16-17-28(27)23-6-4-3-5-7-23/h3-15,18-19,27,29H,16-17H2,1-2H3. The number of benzene rings is 3. The number of rotatable bonds is 5. The molecule has 0 aliphatic carbocycles. The van der Waals surface area contributed by atoms with Crippen molar-refractivity contribution in [3.05, 3.63) is 101 Å². The number of fused-ring (bicyclic) bond motifs is 1. The van der Waals surface area contributed by atoms with E-state index in [1.54, 1.807) is 12.1 Å². The highest BCUT2D eigenvalue weighted by molar-refractivity contribution is 5.87. The van der Waals surface area contributed by atoms with E-state index < -0.39 is 0 Å². The van der Waals surface area contributed by atoms with Crippen LogP contribution in [0.3, 0.4) is 0 Å². The van der Waals surface area contributed by atoms with E-state index in [-0.39, 0.29) is 18.1 Å². The van der Waals surface area contributed by atoms with Crippen LogP contribution in [0.5, 0.6) is 5.75 Å². The maximum absolute atomic E-state index is 11.8. The van der Waals surface area contributed by atoms with Gasteiger partial charge < -0.3 is 14.7 Å². The van der Waals surface area contributed by atoms with Gasteiger partial charge >= 0.3 is 5.97 Å². The summed E-state index contributed by atoms with van der Waals surface area (Å²) in [7, 11) is 0. The van der Waals surface area contributed by atoms with Gasteiger partial charge in [0.15, 0.2) is 0 Å². The summed E-state index contributed by atoms with van der Waals surface area (Å²) < 4.78 is 5.15. The number of anilines is 1. The lowest BCUT2D eigenvalue weighted by molar-refractivity contribution is -0.141. The quantitative estimate of drug-likeness (QED) is 0.443. The maximum atomic E-state index is 11.8. The van der Waals surface area contributed by atoms with Crippen LogP contribution in [0, 0.1) is 0 Å². The van der Waals surface area contributed by atoms with Crippen molar-refractivity contribution >= 4 is 17.7 Å². The molecule has 1 aliphatic rings. The van der Waals surface area contributed by atoms with Gasteiger partial charge in [-0.2, -0.15) is 0 Å². The van der Waals surface area contributed by atoms with Crippen LogP contribution in [-0.2, 0) is 16.0 Å². The van der Waals surface area contributed by atoms with Crippen LogP contribution in [0.2, 0.25) is 0 Å². The second-order valence-corrected chi connectivity index (χ2v) is 8.05. The molecule has 1 unspecified atom stereocenters. The molecule has 1 N–H and O–H groups in total. The zero-order valence-corrected chi connectivity index (χ0v) is 17.9. The van der Waals surface area contributed by atoms with Crippen molar-refractivity contribution in [3.8, 4) is 5.75 Å². The number of para-hydroxylation sites is 1. The second kappa shape index (κ2) is 9.09. The number of hydrogen-bond donors (Lipinski definition) is 1. The Morgan fingerprint density at radius 3 is 2.52 bits per heavy atom. The van der Waals surface area contributed by atoms with E-state index in [2.05, 4.69) is 41.3 Å². The van der Waals surface area contributed by atoms with E-state index in [0.717, 1.165) is 24.1 Å². The lowest BCUT2D eigenvalue weighted by atomic mass is 9.87. The van der Waals surface area contributed by atoms with E-state index in [9.17, 15) is 9.90 Å². The van der Waals surface area contributed by atoms with Gasteiger partial charge in [-0.3, -0.25) is 0 Å². The van der Waals surface area contributed by atoms with Crippen LogP contribution >= 0.6 is 0 Å². The first-order valence-electron chi connectivity index (χ1n) is 10.6. The van der Waals surface area contributed by atoms with Crippen molar-refractivity contribution in [2.75, 3.05) is 11.4 Å². The summed E-state index contributed by atoms with van der Waals surface area (Å²) in [4.78, 5) is 14.2. The number of hydrogen-bond acceptors (Lipinski definition) is 4. The fourth-order valence-electron chi connectivity index (χ4n) is 4.10. The SMILES string of the molecule is CC(C)OC(=O)C=Cc1ccc(C2c3ccc(O)cc3CCN2c2ccccc2)cc1. The normalized spacial score (nSPS) is 15.8. The molecule has 1 atom stereocenters. The largest absolute Gasteiger partial charge is 0.508 e. The summed E-state index contributed by atoms with van der Waals surface area (Å²) in [5.41, 5.74) is 5.66. The third-order valence-electron chi connectivity index (χ3n) is 5.46. The molecule has 158 valence electrons. The summed E-state index contributed by atoms with van der Waals surface area (Å²) in [5, 5.41) is 9.96. The number of phenols is 1. The van der Waals surface area contributed by atoms with Crippen LogP contribution in [0.1, 0.15) is 42.1 Å². The number of ether oxygens (including phenoxy) is 1. The van der Waals surface area contributed by atoms with E-state index in [0.29, 0.717) is 5.75 Å². The first-order chi connectivity index (χ1) is 15.0. The minimum Gasteiger partial charge on any atom is -0.508 e. The predicted molar refractivity (Wildman–Crippen MR) is 124 cm³/mol. The van der Waals surface area contributed by atoms with Crippen LogP contribution in [0.4, 0.5) is 5.69 Å². The van der Waals surface area contributed by atoms with Crippen molar-refractivity contribution < 1.29 is 14.6 Å². The Bertz CT molecular complexity index is 1070. The Kier molecular flexibility index (Phi) is 6.08. The van der Waals surface area contributed by atoms with Gasteiger partial charge in [-0.15, -0.1) is 0 Å². The number of esters is 1. The lowest BCUT2D eigenvalue weighted by Crippen LogP contribution is -2.36. The van der Waals surface area contributed by atoms with E-state index >= 15 is 0 Å². The summed E-state index contributed by atoms with van der Waals surface area (Å²) in [6.45, 7) is 4.54. The third kappa shape index (κ3) is 4.80. The zero-order valence-electron chi connectivity index (χ0n) is 17.9. The van der Waals surface area contributed by atoms with Crippen LogP contribution in [0.25, 0.3) is 6.08 Å². The molecule has 31 heavy (non-hydrogen) atoms. The first kappa shape index (κ1) is 20.7. The Morgan fingerprint density at radius 2 is 1.81 bits per heavy atom. The Labute approximate surface area is 183 Å². The Hall–Kier alpha value is -3.53. The van der Waals surface area contributed by atoms with Gasteiger partial charge in [0.25, 0.3) is 0 Å². The van der Waals surface area contributed by atoms with Gasteiger partial charge in [0.1, 0.15) is 5.75 Å². The van der Waals surface area contributed by atoms with E-state index in [4.69, 9.17) is 4.74 Å². The minimum atomic E-state index is -0.338. The minimum absolute atomic E-state index is 0.0516. The number of phenolic OH excluding ortho intramolecular Hbond substituents is 1. The second-order valence-electron chi connectivity index (χ2n) is 8.05. The molecule has 0 saturated heterocycles. The molecule has 0 radical (unpaired) electrons. The highest BCUT2D eigenvalue weighted by atomic mass is 16.5. The fourth-order valence-corrected chi connectivity index (χ4v) is 4.10. The van der Waals surface area contributed by atoms with Crippen LogP contribution < -0.4 is 4.90 Å². The Morgan fingerprint density at radius 1 is 1.06 bits per heavy atom. The van der Waals surface area contributed by atoms with Crippen molar-refractivity contribution in [2.45, 2.75) is 32.4 Å². The molecule has 3 aromatic carbocycles. The van der Waals surface area contributed by atoms with Crippen LogP contribution in [-0.4, -0.2) is 23.7 Å².